The van der Waals surface area contributed by atoms with Gasteiger partial charge >= 0.3 is 0 Å². The summed E-state index contributed by atoms with van der Waals surface area (Å²) in [6.07, 6.45) is 1.19. The number of carbonyl (C=O) groups excluding carboxylic acids is 1. The Labute approximate surface area is 118 Å². The summed E-state index contributed by atoms with van der Waals surface area (Å²) in [6, 6.07) is 8.94. The van der Waals surface area contributed by atoms with Crippen LogP contribution in [0.1, 0.15) is 5.56 Å². The molecule has 0 radical (unpaired) electrons. The fourth-order valence-corrected chi connectivity index (χ4v) is 3.04. The Morgan fingerprint density at radius 2 is 2.10 bits per heavy atom. The summed E-state index contributed by atoms with van der Waals surface area (Å²) in [5.41, 5.74) is 2.39. The van der Waals surface area contributed by atoms with Crippen LogP contribution in [-0.4, -0.2) is 17.9 Å². The zero-order valence-corrected chi connectivity index (χ0v) is 10.9. The molecule has 6 nitrogen and oxygen atoms in total. The van der Waals surface area contributed by atoms with Crippen LogP contribution in [0.25, 0.3) is 21.9 Å². The molecule has 0 spiro atoms. The number of nitrogens with zero attached hydrogens (tertiary/aromatic N) is 2. The number of nitro groups is 1. The molecule has 0 fully saturated rings. The van der Waals surface area contributed by atoms with E-state index in [9.17, 15) is 14.9 Å². The number of amides is 1. The number of fused-ring (bicyclic) bond motifs is 5. The van der Waals surface area contributed by atoms with Crippen LogP contribution in [0.5, 0.6) is 0 Å². The van der Waals surface area contributed by atoms with Gasteiger partial charge in [0.1, 0.15) is 16.9 Å². The number of benzene rings is 2. The second-order valence-electron chi connectivity index (χ2n) is 5.00. The van der Waals surface area contributed by atoms with Crippen LogP contribution >= 0.6 is 0 Å². The van der Waals surface area contributed by atoms with Gasteiger partial charge in [0.25, 0.3) is 5.69 Å². The zero-order valence-electron chi connectivity index (χ0n) is 10.9. The molecular weight excluding hydrogens is 272 g/mol. The first-order valence-electron chi connectivity index (χ1n) is 6.54. The standard InChI is InChI=1S/C15H10N2O4/c18-8-16-6-5-10-14(16)12(17(19)20)7-11-9-3-1-2-4-13(9)21-15(10)11/h1-4,7-8H,5-6H2. The Bertz CT molecular complexity index is 913. The van der Waals surface area contributed by atoms with E-state index >= 15 is 0 Å². The maximum Gasteiger partial charge on any atom is 0.294 e. The molecule has 0 aliphatic carbocycles. The molecule has 1 aliphatic heterocycles. The van der Waals surface area contributed by atoms with Gasteiger partial charge in [-0.2, -0.15) is 0 Å². The molecule has 21 heavy (non-hydrogen) atoms. The van der Waals surface area contributed by atoms with Crippen LogP contribution in [-0.2, 0) is 11.2 Å². The first-order chi connectivity index (χ1) is 10.2. The molecule has 0 saturated carbocycles. The molecule has 0 saturated heterocycles. The summed E-state index contributed by atoms with van der Waals surface area (Å²) in [6.45, 7) is 0.440. The smallest absolute Gasteiger partial charge is 0.294 e. The van der Waals surface area contributed by atoms with E-state index in [1.165, 1.54) is 11.0 Å². The van der Waals surface area contributed by atoms with Crippen molar-refractivity contribution in [3.8, 4) is 0 Å². The van der Waals surface area contributed by atoms with Crippen molar-refractivity contribution in [2.24, 2.45) is 0 Å². The summed E-state index contributed by atoms with van der Waals surface area (Å²) in [5, 5.41) is 12.9. The van der Waals surface area contributed by atoms with Gasteiger partial charge in [0.2, 0.25) is 6.41 Å². The largest absolute Gasteiger partial charge is 0.456 e. The highest BCUT2D eigenvalue weighted by molar-refractivity contribution is 6.10. The number of furan rings is 1. The van der Waals surface area contributed by atoms with Crippen molar-refractivity contribution in [1.29, 1.82) is 0 Å². The molecule has 4 rings (SSSR count). The van der Waals surface area contributed by atoms with Crippen molar-refractivity contribution < 1.29 is 14.1 Å². The van der Waals surface area contributed by atoms with Crippen molar-refractivity contribution in [3.05, 3.63) is 46.0 Å². The van der Waals surface area contributed by atoms with Crippen molar-refractivity contribution >= 4 is 39.7 Å². The minimum absolute atomic E-state index is 0.0475. The molecular formula is C15H10N2O4. The maximum atomic E-state index is 11.4. The lowest BCUT2D eigenvalue weighted by atomic mass is 10.1. The van der Waals surface area contributed by atoms with E-state index in [-0.39, 0.29) is 5.69 Å². The van der Waals surface area contributed by atoms with Gasteiger partial charge in [-0.15, -0.1) is 0 Å². The highest BCUT2D eigenvalue weighted by Crippen LogP contribution is 2.44. The third kappa shape index (κ3) is 1.50. The topological polar surface area (TPSA) is 76.6 Å². The fraction of sp³-hybridized carbons (Fsp3) is 0.133. The first kappa shape index (κ1) is 11.9. The summed E-state index contributed by atoms with van der Waals surface area (Å²) in [7, 11) is 0. The van der Waals surface area contributed by atoms with E-state index in [0.717, 1.165) is 16.3 Å². The lowest BCUT2D eigenvalue weighted by molar-refractivity contribution is -0.383. The van der Waals surface area contributed by atoms with Crippen LogP contribution in [0.4, 0.5) is 11.4 Å². The minimum Gasteiger partial charge on any atom is -0.456 e. The summed E-state index contributed by atoms with van der Waals surface area (Å²) in [5.74, 6) is 0. The molecule has 104 valence electrons. The van der Waals surface area contributed by atoms with Crippen molar-refractivity contribution in [2.45, 2.75) is 6.42 Å². The van der Waals surface area contributed by atoms with Gasteiger partial charge in [0, 0.05) is 28.9 Å². The van der Waals surface area contributed by atoms with Gasteiger partial charge in [-0.3, -0.25) is 14.9 Å². The van der Waals surface area contributed by atoms with Gasteiger partial charge in [-0.1, -0.05) is 18.2 Å². The predicted molar refractivity (Wildman–Crippen MR) is 77.5 cm³/mol. The molecule has 2 heterocycles. The molecule has 0 unspecified atom stereocenters. The zero-order chi connectivity index (χ0) is 14.6. The second-order valence-corrected chi connectivity index (χ2v) is 5.00. The van der Waals surface area contributed by atoms with E-state index in [2.05, 4.69) is 0 Å². The maximum absolute atomic E-state index is 11.4. The van der Waals surface area contributed by atoms with Gasteiger partial charge in [-0.05, 0) is 12.5 Å². The molecule has 1 amide bonds. The Hall–Kier alpha value is -2.89. The average molecular weight is 282 g/mol. The molecule has 1 aromatic heterocycles. The Morgan fingerprint density at radius 1 is 1.29 bits per heavy atom. The summed E-state index contributed by atoms with van der Waals surface area (Å²) < 4.78 is 5.86. The van der Waals surface area contributed by atoms with Gasteiger partial charge in [0.15, 0.2) is 0 Å². The number of anilines is 1. The van der Waals surface area contributed by atoms with Crippen molar-refractivity contribution in [3.63, 3.8) is 0 Å². The highest BCUT2D eigenvalue weighted by Gasteiger charge is 2.32. The van der Waals surface area contributed by atoms with E-state index in [1.807, 2.05) is 24.3 Å². The highest BCUT2D eigenvalue weighted by atomic mass is 16.6. The molecule has 6 heteroatoms. The van der Waals surface area contributed by atoms with Gasteiger partial charge in [0.05, 0.1) is 4.92 Å². The number of rotatable bonds is 2. The quantitative estimate of drug-likeness (QED) is 0.411. The number of hydrogen-bond acceptors (Lipinski definition) is 4. The molecule has 3 aromatic rings. The Balaban J connectivity index is 2.19. The van der Waals surface area contributed by atoms with Crippen molar-refractivity contribution in [1.82, 2.24) is 0 Å². The van der Waals surface area contributed by atoms with E-state index in [1.54, 1.807) is 0 Å². The Kier molecular flexibility index (Phi) is 2.29. The van der Waals surface area contributed by atoms with Crippen LogP contribution in [0.2, 0.25) is 0 Å². The predicted octanol–water partition coefficient (Wildman–Crippen LogP) is 3.01. The lowest BCUT2D eigenvalue weighted by Crippen LogP contribution is -2.18. The molecule has 0 atom stereocenters. The third-order valence-electron chi connectivity index (χ3n) is 3.93. The van der Waals surface area contributed by atoms with Gasteiger partial charge < -0.3 is 9.32 Å². The van der Waals surface area contributed by atoms with Crippen molar-refractivity contribution in [2.75, 3.05) is 11.4 Å². The normalized spacial score (nSPS) is 13.8. The van der Waals surface area contributed by atoms with Crippen LogP contribution in [0, 0.1) is 10.1 Å². The second kappa shape index (κ2) is 4.05. The third-order valence-corrected chi connectivity index (χ3v) is 3.93. The molecule has 0 bridgehead atoms. The van der Waals surface area contributed by atoms with Crippen LogP contribution in [0.15, 0.2) is 34.7 Å². The molecule has 1 aliphatic rings. The van der Waals surface area contributed by atoms with E-state index in [0.29, 0.717) is 36.2 Å². The first-order valence-corrected chi connectivity index (χ1v) is 6.54. The fourth-order valence-electron chi connectivity index (χ4n) is 3.04. The van der Waals surface area contributed by atoms with E-state index in [4.69, 9.17) is 4.42 Å². The lowest BCUT2D eigenvalue weighted by Gasteiger charge is -2.10. The summed E-state index contributed by atoms with van der Waals surface area (Å²) in [4.78, 5) is 23.4. The summed E-state index contributed by atoms with van der Waals surface area (Å²) >= 11 is 0. The molecule has 0 N–H and O–H groups in total. The number of hydrogen-bond donors (Lipinski definition) is 0. The Morgan fingerprint density at radius 3 is 2.86 bits per heavy atom. The number of nitro benzene ring substituents is 1. The minimum atomic E-state index is -0.443. The van der Waals surface area contributed by atoms with Crippen LogP contribution in [0.3, 0.4) is 0 Å². The number of carbonyl (C=O) groups is 1. The SMILES string of the molecule is O=CN1CCc2c1c([N+](=O)[O-])cc1c2oc2ccccc21. The average Bonchev–Trinajstić information content (AvgIpc) is 3.07. The van der Waals surface area contributed by atoms with Crippen LogP contribution < -0.4 is 4.90 Å². The number of para-hydroxylation sites is 1. The van der Waals surface area contributed by atoms with E-state index < -0.39 is 4.92 Å². The molecule has 2 aromatic carbocycles. The monoisotopic (exact) mass is 282 g/mol. The van der Waals surface area contributed by atoms with Gasteiger partial charge in [-0.25, -0.2) is 0 Å².